The molecular weight excluding hydrogens is 174 g/mol. The molecule has 2 nitrogen and oxygen atoms in total. The zero-order valence-corrected chi connectivity index (χ0v) is 8.61. The first kappa shape index (κ1) is 9.69. The fraction of sp³-hybridized carbons (Fsp3) is 0.500. The highest BCUT2D eigenvalue weighted by Crippen LogP contribution is 2.15. The summed E-state index contributed by atoms with van der Waals surface area (Å²) in [6, 6.07) is 8.45. The van der Waals surface area contributed by atoms with Gasteiger partial charge >= 0.3 is 0 Å². The molecule has 0 saturated carbocycles. The van der Waals surface area contributed by atoms with Gasteiger partial charge in [-0.15, -0.1) is 0 Å². The summed E-state index contributed by atoms with van der Waals surface area (Å²) in [5, 5.41) is 9.41. The Morgan fingerprint density at radius 1 is 1.43 bits per heavy atom. The first-order valence-electron chi connectivity index (χ1n) is 5.20. The van der Waals surface area contributed by atoms with E-state index in [2.05, 4.69) is 36.1 Å². The molecule has 1 aliphatic rings. The van der Waals surface area contributed by atoms with Crippen molar-refractivity contribution in [2.45, 2.75) is 26.0 Å². The molecule has 14 heavy (non-hydrogen) atoms. The maximum absolute atomic E-state index is 9.41. The van der Waals surface area contributed by atoms with Crippen molar-refractivity contribution in [2.24, 2.45) is 0 Å². The summed E-state index contributed by atoms with van der Waals surface area (Å²) < 4.78 is 0. The lowest BCUT2D eigenvalue weighted by Crippen LogP contribution is -2.21. The molecule has 1 heterocycles. The molecule has 1 aromatic carbocycles. The Labute approximate surface area is 85.2 Å². The van der Waals surface area contributed by atoms with Crippen LogP contribution in [-0.4, -0.2) is 29.2 Å². The molecule has 2 rings (SSSR count). The Kier molecular flexibility index (Phi) is 2.85. The number of rotatable bonds is 2. The monoisotopic (exact) mass is 191 g/mol. The Bertz CT molecular complexity index is 311. The predicted molar refractivity (Wildman–Crippen MR) is 57.1 cm³/mol. The molecule has 76 valence electrons. The average Bonchev–Trinajstić information content (AvgIpc) is 2.56. The average molecular weight is 191 g/mol. The summed E-state index contributed by atoms with van der Waals surface area (Å²) >= 11 is 0. The maximum atomic E-state index is 9.41. The molecule has 1 aliphatic heterocycles. The highest BCUT2D eigenvalue weighted by atomic mass is 16.3. The van der Waals surface area contributed by atoms with E-state index in [4.69, 9.17) is 0 Å². The zero-order chi connectivity index (χ0) is 9.97. The normalized spacial score (nSPS) is 22.9. The molecule has 1 saturated heterocycles. The van der Waals surface area contributed by atoms with E-state index in [0.29, 0.717) is 0 Å². The van der Waals surface area contributed by atoms with Crippen molar-refractivity contribution in [3.05, 3.63) is 35.4 Å². The van der Waals surface area contributed by atoms with Gasteiger partial charge in [-0.1, -0.05) is 24.3 Å². The smallest absolute Gasteiger partial charge is 0.0679 e. The van der Waals surface area contributed by atoms with Gasteiger partial charge in [-0.25, -0.2) is 0 Å². The third kappa shape index (κ3) is 2.14. The Morgan fingerprint density at radius 3 is 2.86 bits per heavy atom. The fourth-order valence-electron chi connectivity index (χ4n) is 1.98. The van der Waals surface area contributed by atoms with Crippen LogP contribution in [0.4, 0.5) is 0 Å². The lowest BCUT2D eigenvalue weighted by molar-refractivity contribution is 0.174. The SMILES string of the molecule is Cc1ccccc1CN1CC[C@@H](O)C1. The Hall–Kier alpha value is -0.860. The van der Waals surface area contributed by atoms with E-state index in [-0.39, 0.29) is 6.10 Å². The summed E-state index contributed by atoms with van der Waals surface area (Å²) in [6.45, 7) is 4.97. The van der Waals surface area contributed by atoms with Gasteiger partial charge in [-0.3, -0.25) is 4.90 Å². The van der Waals surface area contributed by atoms with E-state index in [1.807, 2.05) is 0 Å². The van der Waals surface area contributed by atoms with Gasteiger partial charge in [0.1, 0.15) is 0 Å². The molecule has 0 radical (unpaired) electrons. The number of hydrogen-bond acceptors (Lipinski definition) is 2. The minimum atomic E-state index is -0.112. The molecular formula is C12H17NO. The van der Waals surface area contributed by atoms with Crippen molar-refractivity contribution < 1.29 is 5.11 Å². The number of aryl methyl sites for hydroxylation is 1. The summed E-state index contributed by atoms with van der Waals surface area (Å²) in [6.07, 6.45) is 0.810. The Balaban J connectivity index is 2.01. The number of likely N-dealkylation sites (tertiary alicyclic amines) is 1. The standard InChI is InChI=1S/C12H17NO/c1-10-4-2-3-5-11(10)8-13-7-6-12(14)9-13/h2-5,12,14H,6-9H2,1H3/t12-/m1/s1. The van der Waals surface area contributed by atoms with Crippen molar-refractivity contribution in [3.8, 4) is 0 Å². The second kappa shape index (κ2) is 4.11. The molecule has 2 heteroatoms. The molecule has 1 atom stereocenters. The van der Waals surface area contributed by atoms with Crippen LogP contribution in [0.1, 0.15) is 17.5 Å². The van der Waals surface area contributed by atoms with Gasteiger partial charge in [-0.2, -0.15) is 0 Å². The van der Waals surface area contributed by atoms with Gasteiger partial charge in [0, 0.05) is 19.6 Å². The molecule has 1 N–H and O–H groups in total. The lowest BCUT2D eigenvalue weighted by Gasteiger charge is -2.16. The van der Waals surface area contributed by atoms with Crippen LogP contribution in [0.3, 0.4) is 0 Å². The van der Waals surface area contributed by atoms with E-state index in [1.54, 1.807) is 0 Å². The van der Waals surface area contributed by atoms with Crippen molar-refractivity contribution in [1.29, 1.82) is 0 Å². The third-order valence-corrected chi connectivity index (χ3v) is 2.90. The van der Waals surface area contributed by atoms with E-state index < -0.39 is 0 Å². The Morgan fingerprint density at radius 2 is 2.21 bits per heavy atom. The number of benzene rings is 1. The summed E-state index contributed by atoms with van der Waals surface area (Å²) in [5.41, 5.74) is 2.72. The largest absolute Gasteiger partial charge is 0.392 e. The van der Waals surface area contributed by atoms with E-state index in [1.165, 1.54) is 11.1 Å². The van der Waals surface area contributed by atoms with Crippen LogP contribution >= 0.6 is 0 Å². The molecule has 0 spiro atoms. The second-order valence-corrected chi connectivity index (χ2v) is 4.10. The molecule has 0 aliphatic carbocycles. The van der Waals surface area contributed by atoms with Gasteiger partial charge in [-0.05, 0) is 24.5 Å². The topological polar surface area (TPSA) is 23.5 Å². The van der Waals surface area contributed by atoms with Crippen LogP contribution in [0.25, 0.3) is 0 Å². The minimum absolute atomic E-state index is 0.112. The number of β-amino-alcohol motifs (C(OH)–C–C–N with tert-alkyl or cyclic N) is 1. The van der Waals surface area contributed by atoms with Crippen molar-refractivity contribution in [1.82, 2.24) is 4.90 Å². The molecule has 0 amide bonds. The van der Waals surface area contributed by atoms with Crippen LogP contribution < -0.4 is 0 Å². The zero-order valence-electron chi connectivity index (χ0n) is 8.61. The van der Waals surface area contributed by atoms with Crippen LogP contribution in [0.2, 0.25) is 0 Å². The predicted octanol–water partition coefficient (Wildman–Crippen LogP) is 1.56. The third-order valence-electron chi connectivity index (χ3n) is 2.90. The molecule has 0 bridgehead atoms. The number of aliphatic hydroxyl groups is 1. The van der Waals surface area contributed by atoms with Crippen LogP contribution in [0.5, 0.6) is 0 Å². The summed E-state index contributed by atoms with van der Waals surface area (Å²) in [7, 11) is 0. The lowest BCUT2D eigenvalue weighted by atomic mass is 10.1. The van der Waals surface area contributed by atoms with E-state index in [9.17, 15) is 5.11 Å². The van der Waals surface area contributed by atoms with Crippen molar-refractivity contribution >= 4 is 0 Å². The molecule has 0 aromatic heterocycles. The molecule has 0 unspecified atom stereocenters. The number of aliphatic hydroxyl groups excluding tert-OH is 1. The van der Waals surface area contributed by atoms with Crippen LogP contribution in [0.15, 0.2) is 24.3 Å². The van der Waals surface area contributed by atoms with Crippen molar-refractivity contribution in [3.63, 3.8) is 0 Å². The van der Waals surface area contributed by atoms with Gasteiger partial charge < -0.3 is 5.11 Å². The van der Waals surface area contributed by atoms with Crippen LogP contribution in [-0.2, 0) is 6.54 Å². The van der Waals surface area contributed by atoms with Crippen LogP contribution in [0, 0.1) is 6.92 Å². The van der Waals surface area contributed by atoms with E-state index >= 15 is 0 Å². The van der Waals surface area contributed by atoms with Gasteiger partial charge in [0.05, 0.1) is 6.10 Å². The molecule has 1 aromatic rings. The maximum Gasteiger partial charge on any atom is 0.0679 e. The van der Waals surface area contributed by atoms with Crippen molar-refractivity contribution in [2.75, 3.05) is 13.1 Å². The second-order valence-electron chi connectivity index (χ2n) is 4.10. The highest BCUT2D eigenvalue weighted by Gasteiger charge is 2.20. The number of nitrogens with zero attached hydrogens (tertiary/aromatic N) is 1. The summed E-state index contributed by atoms with van der Waals surface area (Å²) in [4.78, 5) is 2.31. The number of hydrogen-bond donors (Lipinski definition) is 1. The first-order chi connectivity index (χ1) is 6.75. The van der Waals surface area contributed by atoms with Gasteiger partial charge in [0.2, 0.25) is 0 Å². The fourth-order valence-corrected chi connectivity index (χ4v) is 1.98. The first-order valence-corrected chi connectivity index (χ1v) is 5.20. The van der Waals surface area contributed by atoms with Gasteiger partial charge in [0.15, 0.2) is 0 Å². The van der Waals surface area contributed by atoms with E-state index in [0.717, 1.165) is 26.1 Å². The highest BCUT2D eigenvalue weighted by molar-refractivity contribution is 5.25. The minimum Gasteiger partial charge on any atom is -0.392 e. The van der Waals surface area contributed by atoms with Gasteiger partial charge in [0.25, 0.3) is 0 Å². The summed E-state index contributed by atoms with van der Waals surface area (Å²) in [5.74, 6) is 0. The molecule has 1 fully saturated rings. The quantitative estimate of drug-likeness (QED) is 0.767.